The molecular formula is C20H15N5O3. The highest BCUT2D eigenvalue weighted by atomic mass is 16.5. The van der Waals surface area contributed by atoms with Crippen LogP contribution in [0.5, 0.6) is 0 Å². The first kappa shape index (κ1) is 18.5. The van der Waals surface area contributed by atoms with E-state index in [0.29, 0.717) is 16.9 Å². The van der Waals surface area contributed by atoms with Crippen LogP contribution in [0.2, 0.25) is 0 Å². The van der Waals surface area contributed by atoms with E-state index in [1.54, 1.807) is 48.5 Å². The molecule has 0 radical (unpaired) electrons. The van der Waals surface area contributed by atoms with Crippen LogP contribution in [0.25, 0.3) is 0 Å². The third kappa shape index (κ3) is 4.28. The van der Waals surface area contributed by atoms with E-state index in [2.05, 4.69) is 20.6 Å². The van der Waals surface area contributed by atoms with Crippen molar-refractivity contribution in [2.45, 2.75) is 0 Å². The van der Waals surface area contributed by atoms with E-state index >= 15 is 0 Å². The Balaban J connectivity index is 1.77. The molecule has 2 N–H and O–H groups in total. The molecule has 0 spiro atoms. The van der Waals surface area contributed by atoms with Crippen LogP contribution in [0.15, 0.2) is 60.8 Å². The first-order chi connectivity index (χ1) is 13.6. The van der Waals surface area contributed by atoms with Gasteiger partial charge in [0.1, 0.15) is 5.69 Å². The topological polar surface area (TPSA) is 117 Å². The van der Waals surface area contributed by atoms with Crippen molar-refractivity contribution in [3.63, 3.8) is 0 Å². The molecule has 0 saturated heterocycles. The molecule has 0 aliphatic rings. The number of nitrogens with one attached hydrogen (secondary N) is 2. The van der Waals surface area contributed by atoms with E-state index in [0.717, 1.165) is 0 Å². The van der Waals surface area contributed by atoms with Gasteiger partial charge < -0.3 is 15.4 Å². The van der Waals surface area contributed by atoms with E-state index in [9.17, 15) is 9.59 Å². The molecular weight excluding hydrogens is 358 g/mol. The lowest BCUT2D eigenvalue weighted by Crippen LogP contribution is -2.17. The summed E-state index contributed by atoms with van der Waals surface area (Å²) in [6.07, 6.45) is 1.44. The summed E-state index contributed by atoms with van der Waals surface area (Å²) in [4.78, 5) is 32.6. The highest BCUT2D eigenvalue weighted by Gasteiger charge is 2.15. The molecule has 3 rings (SSSR count). The SMILES string of the molecule is COC(=O)c1ccccc1NC(=O)c1ccnc(Nc2ccc(C#N)cc2)n1. The van der Waals surface area contributed by atoms with Gasteiger partial charge in [-0.2, -0.15) is 5.26 Å². The largest absolute Gasteiger partial charge is 0.465 e. The molecule has 138 valence electrons. The number of hydrogen-bond acceptors (Lipinski definition) is 7. The second-order valence-corrected chi connectivity index (χ2v) is 5.57. The first-order valence-corrected chi connectivity index (χ1v) is 8.19. The molecule has 0 aliphatic heterocycles. The molecule has 3 aromatic rings. The van der Waals surface area contributed by atoms with Crippen molar-refractivity contribution in [1.82, 2.24) is 9.97 Å². The van der Waals surface area contributed by atoms with Crippen LogP contribution >= 0.6 is 0 Å². The zero-order chi connectivity index (χ0) is 19.9. The predicted molar refractivity (Wildman–Crippen MR) is 102 cm³/mol. The van der Waals surface area contributed by atoms with Crippen molar-refractivity contribution < 1.29 is 14.3 Å². The molecule has 2 aromatic carbocycles. The van der Waals surface area contributed by atoms with Crippen molar-refractivity contribution >= 4 is 29.2 Å². The van der Waals surface area contributed by atoms with Crippen molar-refractivity contribution in [1.29, 1.82) is 5.26 Å². The zero-order valence-electron chi connectivity index (χ0n) is 14.8. The van der Waals surface area contributed by atoms with Crippen LogP contribution in [-0.2, 0) is 4.74 Å². The average molecular weight is 373 g/mol. The van der Waals surface area contributed by atoms with Crippen molar-refractivity contribution in [3.05, 3.63) is 77.6 Å². The number of nitriles is 1. The third-order valence-corrected chi connectivity index (χ3v) is 3.74. The maximum Gasteiger partial charge on any atom is 0.339 e. The Morgan fingerprint density at radius 2 is 1.82 bits per heavy atom. The lowest BCUT2D eigenvalue weighted by Gasteiger charge is -2.10. The van der Waals surface area contributed by atoms with Crippen LogP contribution in [0.3, 0.4) is 0 Å². The number of nitrogens with zero attached hydrogens (tertiary/aromatic N) is 3. The Hall–Kier alpha value is -4.25. The lowest BCUT2D eigenvalue weighted by molar-refractivity contribution is 0.0602. The van der Waals surface area contributed by atoms with Gasteiger partial charge in [-0.05, 0) is 42.5 Å². The summed E-state index contributed by atoms with van der Waals surface area (Å²) in [7, 11) is 1.27. The molecule has 8 nitrogen and oxygen atoms in total. The van der Waals surface area contributed by atoms with E-state index in [-0.39, 0.29) is 17.2 Å². The fourth-order valence-electron chi connectivity index (χ4n) is 2.37. The number of anilines is 3. The molecule has 0 unspecified atom stereocenters. The average Bonchev–Trinajstić information content (AvgIpc) is 2.74. The van der Waals surface area contributed by atoms with Gasteiger partial charge in [-0.15, -0.1) is 0 Å². The Labute approximate surface area is 160 Å². The predicted octanol–water partition coefficient (Wildman–Crippen LogP) is 3.13. The van der Waals surface area contributed by atoms with Gasteiger partial charge in [-0.25, -0.2) is 14.8 Å². The minimum absolute atomic E-state index is 0.116. The Bertz CT molecular complexity index is 1060. The summed E-state index contributed by atoms with van der Waals surface area (Å²) in [5, 5.41) is 14.5. The van der Waals surface area contributed by atoms with Gasteiger partial charge in [-0.3, -0.25) is 4.79 Å². The summed E-state index contributed by atoms with van der Waals surface area (Å²) in [5.41, 5.74) is 1.88. The summed E-state index contributed by atoms with van der Waals surface area (Å²) in [6, 6.07) is 16.7. The molecule has 0 fully saturated rings. The highest BCUT2D eigenvalue weighted by Crippen LogP contribution is 2.18. The molecule has 28 heavy (non-hydrogen) atoms. The third-order valence-electron chi connectivity index (χ3n) is 3.74. The summed E-state index contributed by atoms with van der Waals surface area (Å²) in [6.45, 7) is 0. The number of methoxy groups -OCH3 is 1. The number of aromatic nitrogens is 2. The van der Waals surface area contributed by atoms with Crippen LogP contribution in [0.1, 0.15) is 26.4 Å². The van der Waals surface area contributed by atoms with Crippen molar-refractivity contribution in [2.75, 3.05) is 17.7 Å². The first-order valence-electron chi connectivity index (χ1n) is 8.19. The molecule has 8 heteroatoms. The van der Waals surface area contributed by atoms with E-state index < -0.39 is 11.9 Å². The number of ether oxygens (including phenoxy) is 1. The van der Waals surface area contributed by atoms with Crippen LogP contribution in [0.4, 0.5) is 17.3 Å². The molecule has 1 heterocycles. The number of carbonyl (C=O) groups excluding carboxylic acids is 2. The standard InChI is InChI=1S/C20H15N5O3/c1-28-19(27)15-4-2-3-5-16(15)24-18(26)17-10-11-22-20(25-17)23-14-8-6-13(12-21)7-9-14/h2-11H,1H3,(H,24,26)(H,22,23,25). The Kier molecular flexibility index (Phi) is 5.58. The van der Waals surface area contributed by atoms with Crippen molar-refractivity contribution in [2.24, 2.45) is 0 Å². The maximum atomic E-state index is 12.5. The summed E-state index contributed by atoms with van der Waals surface area (Å²) < 4.78 is 4.72. The number of esters is 1. The lowest BCUT2D eigenvalue weighted by atomic mass is 10.1. The van der Waals surface area contributed by atoms with Gasteiger partial charge >= 0.3 is 5.97 Å². The second kappa shape index (κ2) is 8.42. The van der Waals surface area contributed by atoms with Gasteiger partial charge in [0.15, 0.2) is 0 Å². The van der Waals surface area contributed by atoms with Gasteiger partial charge in [0, 0.05) is 11.9 Å². The quantitative estimate of drug-likeness (QED) is 0.660. The molecule has 0 aliphatic carbocycles. The maximum absolute atomic E-state index is 12.5. The van der Waals surface area contributed by atoms with Crippen LogP contribution < -0.4 is 10.6 Å². The monoisotopic (exact) mass is 373 g/mol. The molecule has 0 saturated carbocycles. The molecule has 1 amide bonds. The smallest absolute Gasteiger partial charge is 0.339 e. The number of amides is 1. The van der Waals surface area contributed by atoms with E-state index in [1.165, 1.54) is 19.4 Å². The number of benzene rings is 2. The van der Waals surface area contributed by atoms with E-state index in [1.807, 2.05) is 6.07 Å². The normalized spacial score (nSPS) is 9.86. The van der Waals surface area contributed by atoms with Gasteiger partial charge in [0.25, 0.3) is 5.91 Å². The fourth-order valence-corrected chi connectivity index (χ4v) is 2.37. The number of rotatable bonds is 5. The number of carbonyl (C=O) groups is 2. The van der Waals surface area contributed by atoms with Crippen molar-refractivity contribution in [3.8, 4) is 6.07 Å². The Morgan fingerprint density at radius 1 is 1.07 bits per heavy atom. The number of hydrogen-bond donors (Lipinski definition) is 2. The molecule has 0 atom stereocenters. The van der Waals surface area contributed by atoms with Crippen LogP contribution in [0, 0.1) is 11.3 Å². The minimum atomic E-state index is -0.554. The minimum Gasteiger partial charge on any atom is -0.465 e. The van der Waals surface area contributed by atoms with Gasteiger partial charge in [0.05, 0.1) is 30.0 Å². The molecule has 1 aromatic heterocycles. The van der Waals surface area contributed by atoms with Gasteiger partial charge in [0.2, 0.25) is 5.95 Å². The number of para-hydroxylation sites is 1. The molecule has 0 bridgehead atoms. The van der Waals surface area contributed by atoms with Crippen LogP contribution in [-0.4, -0.2) is 29.0 Å². The highest BCUT2D eigenvalue weighted by molar-refractivity contribution is 6.07. The van der Waals surface area contributed by atoms with Gasteiger partial charge in [-0.1, -0.05) is 12.1 Å². The van der Waals surface area contributed by atoms with E-state index in [4.69, 9.17) is 10.00 Å². The summed E-state index contributed by atoms with van der Waals surface area (Å²) in [5.74, 6) is -0.831. The fraction of sp³-hybridized carbons (Fsp3) is 0.0500. The zero-order valence-corrected chi connectivity index (χ0v) is 14.8. The summed E-state index contributed by atoms with van der Waals surface area (Å²) >= 11 is 0. The Morgan fingerprint density at radius 3 is 2.54 bits per heavy atom. The second-order valence-electron chi connectivity index (χ2n) is 5.57.